The highest BCUT2D eigenvalue weighted by Gasteiger charge is 2.37. The van der Waals surface area contributed by atoms with Crippen molar-refractivity contribution in [1.82, 2.24) is 9.88 Å². The number of carbonyl (C=O) groups is 3. The van der Waals surface area contributed by atoms with Crippen LogP contribution in [0.5, 0.6) is 0 Å². The van der Waals surface area contributed by atoms with Crippen molar-refractivity contribution in [2.45, 2.75) is 38.8 Å². The number of carboxylic acids is 1. The van der Waals surface area contributed by atoms with E-state index in [2.05, 4.69) is 15.2 Å². The van der Waals surface area contributed by atoms with Crippen LogP contribution in [-0.2, 0) is 20.9 Å². The zero-order chi connectivity index (χ0) is 32.0. The Kier molecular flexibility index (Phi) is 9.40. The van der Waals surface area contributed by atoms with E-state index in [-0.39, 0.29) is 30.7 Å². The lowest BCUT2D eigenvalue weighted by Gasteiger charge is -2.32. The molecule has 1 unspecified atom stereocenters. The first-order valence-electron chi connectivity index (χ1n) is 15.7. The van der Waals surface area contributed by atoms with E-state index in [1.807, 2.05) is 73.7 Å². The first kappa shape index (κ1) is 31.0. The number of aromatic nitrogens is 1. The van der Waals surface area contributed by atoms with Gasteiger partial charge in [-0.2, -0.15) is 0 Å². The van der Waals surface area contributed by atoms with Gasteiger partial charge >= 0.3 is 5.97 Å². The zero-order valence-corrected chi connectivity index (χ0v) is 25.9. The van der Waals surface area contributed by atoms with Crippen LogP contribution in [0.1, 0.15) is 52.4 Å². The average Bonchev–Trinajstić information content (AvgIpc) is 3.93. The Morgan fingerprint density at radius 1 is 0.957 bits per heavy atom. The molecule has 2 aliphatic rings. The molecule has 3 aromatic carbocycles. The van der Waals surface area contributed by atoms with Crippen LogP contribution < -0.4 is 10.2 Å². The van der Waals surface area contributed by atoms with Gasteiger partial charge in [-0.05, 0) is 72.4 Å². The van der Waals surface area contributed by atoms with Crippen LogP contribution >= 0.6 is 0 Å². The Labute approximate surface area is 268 Å². The van der Waals surface area contributed by atoms with E-state index in [0.29, 0.717) is 24.5 Å². The lowest BCUT2D eigenvalue weighted by atomic mass is 9.98. The van der Waals surface area contributed by atoms with E-state index in [9.17, 15) is 19.5 Å². The fourth-order valence-corrected chi connectivity index (χ4v) is 5.91. The second kappa shape index (κ2) is 14.0. The van der Waals surface area contributed by atoms with Crippen LogP contribution in [0.25, 0.3) is 11.1 Å². The number of aliphatic carboxylic acids is 1. The van der Waals surface area contributed by atoms with Crippen molar-refractivity contribution in [3.8, 4) is 11.1 Å². The molecule has 1 aliphatic carbocycles. The fraction of sp³-hybridized carbons (Fsp3) is 0.297. The third-order valence-corrected chi connectivity index (χ3v) is 8.57. The summed E-state index contributed by atoms with van der Waals surface area (Å²) in [6.07, 6.45) is 4.66. The van der Waals surface area contributed by atoms with Crippen molar-refractivity contribution in [3.63, 3.8) is 0 Å². The molecule has 1 atom stereocenters. The van der Waals surface area contributed by atoms with Gasteiger partial charge in [-0.25, -0.2) is 0 Å². The van der Waals surface area contributed by atoms with Crippen molar-refractivity contribution in [1.29, 1.82) is 0 Å². The molecule has 2 heterocycles. The number of nitrogens with zero attached hydrogens (tertiary/aromatic N) is 3. The number of hydrogen-bond acceptors (Lipinski definition) is 6. The largest absolute Gasteiger partial charge is 0.481 e. The van der Waals surface area contributed by atoms with Gasteiger partial charge in [0.2, 0.25) is 5.91 Å². The summed E-state index contributed by atoms with van der Waals surface area (Å²) in [5.41, 5.74) is 6.74. The first-order chi connectivity index (χ1) is 22.4. The maximum atomic E-state index is 13.7. The fourth-order valence-electron chi connectivity index (χ4n) is 5.91. The Balaban J connectivity index is 1.32. The van der Waals surface area contributed by atoms with Gasteiger partial charge in [0.05, 0.1) is 37.1 Å². The second-order valence-electron chi connectivity index (χ2n) is 12.0. The number of anilines is 2. The number of aryl methyl sites for hydroxylation is 1. The molecule has 0 spiro atoms. The van der Waals surface area contributed by atoms with Gasteiger partial charge in [-0.1, -0.05) is 54.1 Å². The third-order valence-electron chi connectivity index (χ3n) is 8.57. The highest BCUT2D eigenvalue weighted by atomic mass is 16.5. The van der Waals surface area contributed by atoms with Gasteiger partial charge in [0, 0.05) is 43.5 Å². The Hall–Kier alpha value is -5.02. The predicted octanol–water partition coefficient (Wildman–Crippen LogP) is 6.10. The SMILES string of the molecule is Cc1ccc(C(CC(=O)O)N(Cc2cccc(-c3ccc(N4CCOCC4)c(NC(=O)c4ccncc4)c3)c2)C(=O)C2CC2)cc1. The molecule has 46 heavy (non-hydrogen) atoms. The van der Waals surface area contributed by atoms with Crippen LogP contribution in [0.4, 0.5) is 11.4 Å². The normalized spacial score (nSPS) is 15.2. The maximum absolute atomic E-state index is 13.7. The summed E-state index contributed by atoms with van der Waals surface area (Å²) in [6.45, 7) is 4.93. The number of rotatable bonds is 11. The second-order valence-corrected chi connectivity index (χ2v) is 12.0. The van der Waals surface area contributed by atoms with E-state index in [4.69, 9.17) is 4.74 Å². The highest BCUT2D eigenvalue weighted by molar-refractivity contribution is 6.06. The molecule has 1 aromatic heterocycles. The van der Waals surface area contributed by atoms with E-state index in [1.54, 1.807) is 29.4 Å². The zero-order valence-electron chi connectivity index (χ0n) is 25.9. The van der Waals surface area contributed by atoms with Crippen LogP contribution in [-0.4, -0.2) is 59.1 Å². The van der Waals surface area contributed by atoms with Crippen molar-refractivity contribution in [2.75, 3.05) is 36.5 Å². The molecule has 2 N–H and O–H groups in total. The van der Waals surface area contributed by atoms with Gasteiger partial charge in [0.1, 0.15) is 0 Å². The molecular weight excluding hydrogens is 580 g/mol. The Morgan fingerprint density at radius 3 is 2.37 bits per heavy atom. The maximum Gasteiger partial charge on any atom is 0.305 e. The highest BCUT2D eigenvalue weighted by Crippen LogP contribution is 2.37. The molecule has 2 fully saturated rings. The number of nitrogens with one attached hydrogen (secondary N) is 1. The number of carboxylic acid groups (broad SMARTS) is 1. The molecule has 1 aliphatic heterocycles. The van der Waals surface area contributed by atoms with Crippen molar-refractivity contribution in [3.05, 3.63) is 114 Å². The smallest absolute Gasteiger partial charge is 0.305 e. The molecule has 0 radical (unpaired) electrons. The molecule has 6 rings (SSSR count). The van der Waals surface area contributed by atoms with Crippen molar-refractivity contribution < 1.29 is 24.2 Å². The minimum atomic E-state index is -0.949. The number of morpholine rings is 1. The van der Waals surface area contributed by atoms with E-state index in [1.165, 1.54) is 0 Å². The average molecular weight is 619 g/mol. The molecule has 2 amide bonds. The molecule has 9 heteroatoms. The van der Waals surface area contributed by atoms with Gasteiger partial charge in [0.25, 0.3) is 5.91 Å². The molecule has 236 valence electrons. The summed E-state index contributed by atoms with van der Waals surface area (Å²) in [4.78, 5) is 46.9. The summed E-state index contributed by atoms with van der Waals surface area (Å²) in [5, 5.41) is 13.0. The van der Waals surface area contributed by atoms with Crippen LogP contribution in [0.2, 0.25) is 0 Å². The summed E-state index contributed by atoms with van der Waals surface area (Å²) in [7, 11) is 0. The van der Waals surface area contributed by atoms with Crippen LogP contribution in [0, 0.1) is 12.8 Å². The quantitative estimate of drug-likeness (QED) is 0.209. The van der Waals surface area contributed by atoms with Gasteiger partial charge in [-0.15, -0.1) is 0 Å². The third kappa shape index (κ3) is 7.43. The van der Waals surface area contributed by atoms with Crippen LogP contribution in [0.15, 0.2) is 91.3 Å². The predicted molar refractivity (Wildman–Crippen MR) is 177 cm³/mol. The first-order valence-corrected chi connectivity index (χ1v) is 15.7. The minimum absolute atomic E-state index is 0.00629. The summed E-state index contributed by atoms with van der Waals surface area (Å²) >= 11 is 0. The summed E-state index contributed by atoms with van der Waals surface area (Å²) in [6, 6.07) is 24.5. The monoisotopic (exact) mass is 618 g/mol. The number of amides is 2. The minimum Gasteiger partial charge on any atom is -0.481 e. The van der Waals surface area contributed by atoms with Gasteiger partial charge in [0.15, 0.2) is 0 Å². The number of ether oxygens (including phenoxy) is 1. The van der Waals surface area contributed by atoms with E-state index in [0.717, 1.165) is 59.4 Å². The summed E-state index contributed by atoms with van der Waals surface area (Å²) < 4.78 is 5.56. The summed E-state index contributed by atoms with van der Waals surface area (Å²) in [5.74, 6) is -1.25. The lowest BCUT2D eigenvalue weighted by Crippen LogP contribution is -2.36. The number of benzene rings is 3. The molecule has 0 bridgehead atoms. The van der Waals surface area contributed by atoms with Gasteiger partial charge in [-0.3, -0.25) is 19.4 Å². The molecule has 9 nitrogen and oxygen atoms in total. The molecule has 1 saturated carbocycles. The van der Waals surface area contributed by atoms with E-state index < -0.39 is 12.0 Å². The standard InChI is InChI=1S/C37H38N4O5/c1-25-5-7-27(8-6-25)34(23-35(42)43)41(37(45)29-9-10-29)24-26-3-2-4-30(21-26)31-11-12-33(40-17-19-46-20-18-40)32(22-31)39-36(44)28-13-15-38-16-14-28/h2-8,11-16,21-22,29,34H,9-10,17-20,23-24H2,1H3,(H,39,44)(H,42,43). The van der Waals surface area contributed by atoms with Crippen LogP contribution in [0.3, 0.4) is 0 Å². The van der Waals surface area contributed by atoms with E-state index >= 15 is 0 Å². The molecule has 4 aromatic rings. The number of pyridine rings is 1. The Bertz CT molecular complexity index is 1700. The Morgan fingerprint density at radius 2 is 1.67 bits per heavy atom. The molecular formula is C37H38N4O5. The number of carbonyl (C=O) groups excluding carboxylic acids is 2. The van der Waals surface area contributed by atoms with Crippen molar-refractivity contribution >= 4 is 29.2 Å². The topological polar surface area (TPSA) is 112 Å². The number of hydrogen-bond donors (Lipinski definition) is 2. The van der Waals surface area contributed by atoms with Crippen molar-refractivity contribution in [2.24, 2.45) is 5.92 Å². The molecule has 1 saturated heterocycles. The lowest BCUT2D eigenvalue weighted by molar-refractivity contribution is -0.142. The van der Waals surface area contributed by atoms with Gasteiger partial charge < -0.3 is 25.0 Å².